The minimum Gasteiger partial charge on any atom is -0.454 e. The smallest absolute Gasteiger partial charge is 0.266 e. The Hall–Kier alpha value is -3.17. The molecule has 2 N–H and O–H groups in total. The van der Waals surface area contributed by atoms with E-state index in [-0.39, 0.29) is 34.4 Å². The van der Waals surface area contributed by atoms with Crippen LogP contribution in [0, 0.1) is 11.6 Å². The van der Waals surface area contributed by atoms with Gasteiger partial charge in [0, 0.05) is 11.6 Å². The van der Waals surface area contributed by atoms with Crippen molar-refractivity contribution in [2.24, 2.45) is 4.99 Å². The molecule has 0 aromatic heterocycles. The number of guanidine groups is 1. The van der Waals surface area contributed by atoms with E-state index in [4.69, 9.17) is 16.3 Å². The third kappa shape index (κ3) is 4.07. The van der Waals surface area contributed by atoms with Crippen LogP contribution in [0.1, 0.15) is 5.56 Å². The topological polar surface area (TPSA) is 79.8 Å². The van der Waals surface area contributed by atoms with E-state index >= 15 is 0 Å². The Morgan fingerprint density at radius 3 is 2.53 bits per heavy atom. The molecule has 0 atom stereocenters. The molecule has 3 aromatic carbocycles. The summed E-state index contributed by atoms with van der Waals surface area (Å²) in [5.74, 6) is -1.05. The van der Waals surface area contributed by atoms with E-state index in [1.807, 2.05) is 0 Å². The number of aliphatic imine (C=N–C) groups is 1. The monoisotopic (exact) mass is 449 g/mol. The van der Waals surface area contributed by atoms with Crippen molar-refractivity contribution in [1.29, 1.82) is 0 Å². The zero-order valence-corrected chi connectivity index (χ0v) is 16.8. The lowest BCUT2D eigenvalue weighted by atomic mass is 10.2. The van der Waals surface area contributed by atoms with E-state index in [2.05, 4.69) is 15.0 Å². The van der Waals surface area contributed by atoms with Crippen molar-refractivity contribution in [3.63, 3.8) is 0 Å². The maximum atomic E-state index is 13.8. The number of fused-ring (bicyclic) bond motifs is 1. The highest BCUT2D eigenvalue weighted by Gasteiger charge is 2.29. The zero-order chi connectivity index (χ0) is 21.3. The van der Waals surface area contributed by atoms with Crippen molar-refractivity contribution in [3.8, 4) is 11.5 Å². The van der Waals surface area contributed by atoms with Crippen molar-refractivity contribution in [3.05, 3.63) is 82.9 Å². The Bertz CT molecular complexity index is 1270. The summed E-state index contributed by atoms with van der Waals surface area (Å²) >= 11 is 6.12. The molecule has 0 bridgehead atoms. The molecule has 1 aliphatic heterocycles. The van der Waals surface area contributed by atoms with Gasteiger partial charge in [0.1, 0.15) is 28.0 Å². The molecular formula is C20H14ClF2N3O3S. The molecule has 154 valence electrons. The van der Waals surface area contributed by atoms with Crippen LogP contribution in [0.25, 0.3) is 0 Å². The van der Waals surface area contributed by atoms with Crippen LogP contribution in [0.15, 0.2) is 70.6 Å². The molecule has 1 aliphatic rings. The van der Waals surface area contributed by atoms with Gasteiger partial charge >= 0.3 is 0 Å². The Balaban J connectivity index is 1.68. The highest BCUT2D eigenvalue weighted by Crippen LogP contribution is 2.38. The van der Waals surface area contributed by atoms with Gasteiger partial charge < -0.3 is 10.1 Å². The van der Waals surface area contributed by atoms with Gasteiger partial charge in [-0.2, -0.15) is 0 Å². The van der Waals surface area contributed by atoms with Crippen molar-refractivity contribution in [2.75, 3.05) is 5.32 Å². The molecule has 0 spiro atoms. The number of halogens is 3. The average Bonchev–Trinajstić information content (AvgIpc) is 2.69. The molecule has 0 saturated carbocycles. The fourth-order valence-corrected chi connectivity index (χ4v) is 4.13. The molecule has 6 nitrogen and oxygen atoms in total. The predicted octanol–water partition coefficient (Wildman–Crippen LogP) is 4.67. The molecule has 4 rings (SSSR count). The lowest BCUT2D eigenvalue weighted by molar-refractivity contribution is 0.483. The number of anilines is 1. The largest absolute Gasteiger partial charge is 0.454 e. The number of benzene rings is 3. The second kappa shape index (κ2) is 7.92. The summed E-state index contributed by atoms with van der Waals surface area (Å²) in [7, 11) is -3.95. The van der Waals surface area contributed by atoms with E-state index in [1.54, 1.807) is 30.3 Å². The molecule has 0 aliphatic carbocycles. The summed E-state index contributed by atoms with van der Waals surface area (Å²) in [5, 5.41) is 3.21. The van der Waals surface area contributed by atoms with Gasteiger partial charge in [-0.3, -0.25) is 0 Å². The van der Waals surface area contributed by atoms with Crippen molar-refractivity contribution < 1.29 is 21.9 Å². The number of hydrogen-bond acceptors (Lipinski definition) is 4. The van der Waals surface area contributed by atoms with Crippen LogP contribution in [-0.4, -0.2) is 14.4 Å². The number of sulfonamides is 1. The number of nitrogens with zero attached hydrogens (tertiary/aromatic N) is 1. The van der Waals surface area contributed by atoms with Gasteiger partial charge in [-0.1, -0.05) is 35.9 Å². The summed E-state index contributed by atoms with van der Waals surface area (Å²) < 4.78 is 60.3. The van der Waals surface area contributed by atoms with Crippen molar-refractivity contribution >= 4 is 33.3 Å². The number of nitrogens with one attached hydrogen (secondary N) is 2. The fourth-order valence-electron chi connectivity index (χ4n) is 2.80. The van der Waals surface area contributed by atoms with Crippen molar-refractivity contribution in [1.82, 2.24) is 4.72 Å². The number of para-hydroxylation sites is 2. The molecule has 30 heavy (non-hydrogen) atoms. The van der Waals surface area contributed by atoms with E-state index in [1.165, 1.54) is 18.2 Å². The fraction of sp³-hybridized carbons (Fsp3) is 0.0500. The Labute approximate surface area is 176 Å². The Morgan fingerprint density at radius 2 is 1.77 bits per heavy atom. The third-order valence-corrected chi connectivity index (χ3v) is 5.92. The Morgan fingerprint density at radius 1 is 1.00 bits per heavy atom. The molecule has 0 radical (unpaired) electrons. The summed E-state index contributed by atoms with van der Waals surface area (Å²) in [6.45, 7) is -0.208. The SMILES string of the molecule is O=S1(=O)NC(=NCc2ccc(F)cc2F)Nc2c(Oc3ccccc3Cl)cccc21. The average molecular weight is 450 g/mol. The zero-order valence-electron chi connectivity index (χ0n) is 15.2. The number of ether oxygens (including phenoxy) is 1. The van der Waals surface area contributed by atoms with Crippen LogP contribution in [-0.2, 0) is 16.6 Å². The number of rotatable bonds is 4. The first-order valence-electron chi connectivity index (χ1n) is 8.67. The minimum atomic E-state index is -3.95. The summed E-state index contributed by atoms with van der Waals surface area (Å²) in [6, 6.07) is 14.3. The summed E-state index contributed by atoms with van der Waals surface area (Å²) in [4.78, 5) is 4.03. The lowest BCUT2D eigenvalue weighted by Gasteiger charge is -2.23. The van der Waals surface area contributed by atoms with Crippen LogP contribution < -0.4 is 14.8 Å². The van der Waals surface area contributed by atoms with Crippen LogP contribution in [0.3, 0.4) is 0 Å². The molecule has 3 aromatic rings. The molecular weight excluding hydrogens is 436 g/mol. The minimum absolute atomic E-state index is 0.0426. The molecule has 0 unspecified atom stereocenters. The molecule has 0 amide bonds. The maximum Gasteiger partial charge on any atom is 0.266 e. The van der Waals surface area contributed by atoms with E-state index in [9.17, 15) is 17.2 Å². The molecule has 10 heteroatoms. The highest BCUT2D eigenvalue weighted by atomic mass is 35.5. The van der Waals surface area contributed by atoms with Crippen LogP contribution in [0.2, 0.25) is 5.02 Å². The first-order chi connectivity index (χ1) is 14.3. The van der Waals surface area contributed by atoms with Gasteiger partial charge in [-0.05, 0) is 30.3 Å². The summed E-state index contributed by atoms with van der Waals surface area (Å²) in [6.07, 6.45) is 0. The van der Waals surface area contributed by atoms with Gasteiger partial charge in [0.15, 0.2) is 5.75 Å². The van der Waals surface area contributed by atoms with Crippen LogP contribution in [0.4, 0.5) is 14.5 Å². The van der Waals surface area contributed by atoms with E-state index in [0.717, 1.165) is 12.1 Å². The standard InChI is InChI=1S/C20H14ClF2N3O3S/c21-14-4-1-2-5-16(14)29-17-6-3-7-18-19(17)25-20(26-30(18,27)28)24-11-12-8-9-13(22)10-15(12)23/h1-10H,11H2,(H2,24,25,26). The van der Waals surface area contributed by atoms with E-state index in [0.29, 0.717) is 10.8 Å². The normalized spacial score (nSPS) is 15.8. The maximum absolute atomic E-state index is 13.8. The summed E-state index contributed by atoms with van der Waals surface area (Å²) in [5.41, 5.74) is 0.269. The van der Waals surface area contributed by atoms with Crippen LogP contribution in [0.5, 0.6) is 11.5 Å². The molecule has 0 saturated heterocycles. The van der Waals surface area contributed by atoms with Gasteiger partial charge in [0.25, 0.3) is 10.0 Å². The second-order valence-electron chi connectivity index (χ2n) is 6.29. The quantitative estimate of drug-likeness (QED) is 0.606. The van der Waals surface area contributed by atoms with Gasteiger partial charge in [0.05, 0.1) is 11.6 Å². The van der Waals surface area contributed by atoms with Gasteiger partial charge in [0.2, 0.25) is 5.96 Å². The van der Waals surface area contributed by atoms with Gasteiger partial charge in [-0.25, -0.2) is 26.9 Å². The lowest BCUT2D eigenvalue weighted by Crippen LogP contribution is -2.40. The number of hydrogen-bond donors (Lipinski definition) is 2. The molecule has 0 fully saturated rings. The predicted molar refractivity (Wildman–Crippen MR) is 109 cm³/mol. The van der Waals surface area contributed by atoms with E-state index < -0.39 is 21.7 Å². The Kier molecular flexibility index (Phi) is 5.31. The van der Waals surface area contributed by atoms with Gasteiger partial charge in [-0.15, -0.1) is 0 Å². The molecule has 1 heterocycles. The third-order valence-electron chi connectivity index (χ3n) is 4.23. The second-order valence-corrected chi connectivity index (χ2v) is 8.35. The highest BCUT2D eigenvalue weighted by molar-refractivity contribution is 7.90. The van der Waals surface area contributed by atoms with Crippen LogP contribution >= 0.6 is 11.6 Å². The van der Waals surface area contributed by atoms with Crippen molar-refractivity contribution in [2.45, 2.75) is 11.4 Å². The first kappa shape index (κ1) is 20.1. The first-order valence-corrected chi connectivity index (χ1v) is 10.5.